The van der Waals surface area contributed by atoms with Crippen molar-refractivity contribution in [2.45, 2.75) is 10.9 Å². The average Bonchev–Trinajstić information content (AvgIpc) is 3.06. The van der Waals surface area contributed by atoms with Gasteiger partial charge in [-0.1, -0.05) is 42.1 Å². The molecule has 0 saturated heterocycles. The van der Waals surface area contributed by atoms with E-state index in [0.29, 0.717) is 10.9 Å². The lowest BCUT2D eigenvalue weighted by atomic mass is 10.2. The summed E-state index contributed by atoms with van der Waals surface area (Å²) in [5.74, 6) is 1.29. The van der Waals surface area contributed by atoms with Gasteiger partial charge in [0.15, 0.2) is 11.5 Å². The molecule has 0 unspecified atom stereocenters. The number of hydrogen-bond donors (Lipinski definition) is 1. The van der Waals surface area contributed by atoms with Gasteiger partial charge in [-0.05, 0) is 29.3 Å². The predicted octanol–water partition coefficient (Wildman–Crippen LogP) is 3.17. The molecule has 122 valence electrons. The SMILES string of the molecule is COc1ccc(/C=N/n2cnnc2SCc2ccccc2)cc1O. The quantitative estimate of drug-likeness (QED) is 0.551. The summed E-state index contributed by atoms with van der Waals surface area (Å²) in [6.45, 7) is 0. The van der Waals surface area contributed by atoms with Gasteiger partial charge in [-0.15, -0.1) is 10.2 Å². The molecule has 6 nitrogen and oxygen atoms in total. The number of nitrogens with zero attached hydrogens (tertiary/aromatic N) is 4. The number of benzene rings is 2. The Labute approximate surface area is 143 Å². The highest BCUT2D eigenvalue weighted by molar-refractivity contribution is 7.98. The van der Waals surface area contributed by atoms with E-state index >= 15 is 0 Å². The molecule has 0 radical (unpaired) electrons. The molecule has 3 aromatic rings. The van der Waals surface area contributed by atoms with Gasteiger partial charge in [0.2, 0.25) is 5.16 Å². The van der Waals surface area contributed by atoms with E-state index in [1.807, 2.05) is 24.3 Å². The van der Waals surface area contributed by atoms with Crippen LogP contribution in [0.15, 0.2) is 65.1 Å². The van der Waals surface area contributed by atoms with Gasteiger partial charge in [-0.25, -0.2) is 0 Å². The normalized spacial score (nSPS) is 11.0. The fraction of sp³-hybridized carbons (Fsp3) is 0.118. The van der Waals surface area contributed by atoms with Crippen molar-refractivity contribution in [1.29, 1.82) is 0 Å². The molecule has 0 bridgehead atoms. The van der Waals surface area contributed by atoms with Crippen molar-refractivity contribution in [1.82, 2.24) is 14.9 Å². The van der Waals surface area contributed by atoms with Crippen molar-refractivity contribution in [3.05, 3.63) is 66.0 Å². The summed E-state index contributed by atoms with van der Waals surface area (Å²) in [4.78, 5) is 0. The van der Waals surface area contributed by atoms with Gasteiger partial charge >= 0.3 is 0 Å². The van der Waals surface area contributed by atoms with Crippen LogP contribution in [0.4, 0.5) is 0 Å². The number of ether oxygens (including phenoxy) is 1. The molecule has 7 heteroatoms. The Morgan fingerprint density at radius 1 is 1.25 bits per heavy atom. The minimum atomic E-state index is 0.0730. The van der Waals surface area contributed by atoms with Crippen LogP contribution in [0.25, 0.3) is 0 Å². The fourth-order valence-corrected chi connectivity index (χ4v) is 2.85. The summed E-state index contributed by atoms with van der Waals surface area (Å²) in [6.07, 6.45) is 3.18. The number of aromatic hydroxyl groups is 1. The maximum Gasteiger partial charge on any atom is 0.212 e. The first-order chi connectivity index (χ1) is 11.8. The maximum atomic E-state index is 9.79. The Hall–Kier alpha value is -2.80. The Morgan fingerprint density at radius 3 is 2.83 bits per heavy atom. The van der Waals surface area contributed by atoms with Crippen LogP contribution in [0, 0.1) is 0 Å². The second-order valence-electron chi connectivity index (χ2n) is 4.91. The van der Waals surface area contributed by atoms with Gasteiger partial charge in [0.25, 0.3) is 0 Å². The molecule has 0 atom stereocenters. The molecule has 0 spiro atoms. The Bertz CT molecular complexity index is 834. The molecule has 3 rings (SSSR count). The van der Waals surface area contributed by atoms with Crippen LogP contribution < -0.4 is 4.74 Å². The van der Waals surface area contributed by atoms with Gasteiger partial charge in [0, 0.05) is 5.75 Å². The van der Waals surface area contributed by atoms with Crippen LogP contribution in [0.1, 0.15) is 11.1 Å². The molecular weight excluding hydrogens is 324 g/mol. The minimum absolute atomic E-state index is 0.0730. The Balaban J connectivity index is 1.70. The van der Waals surface area contributed by atoms with Gasteiger partial charge < -0.3 is 9.84 Å². The summed E-state index contributed by atoms with van der Waals surface area (Å²) >= 11 is 1.56. The van der Waals surface area contributed by atoms with Crippen molar-refractivity contribution in [3.63, 3.8) is 0 Å². The summed E-state index contributed by atoms with van der Waals surface area (Å²) in [6, 6.07) is 15.2. The molecule has 0 aliphatic rings. The number of hydrogen-bond acceptors (Lipinski definition) is 6. The van der Waals surface area contributed by atoms with Crippen molar-refractivity contribution >= 4 is 18.0 Å². The van der Waals surface area contributed by atoms with E-state index in [-0.39, 0.29) is 5.75 Å². The van der Waals surface area contributed by atoms with Gasteiger partial charge in [-0.2, -0.15) is 9.78 Å². The number of rotatable bonds is 6. The number of phenols is 1. The lowest BCUT2D eigenvalue weighted by Gasteiger charge is -2.03. The zero-order valence-electron chi connectivity index (χ0n) is 13.0. The third-order valence-corrected chi connectivity index (χ3v) is 4.25. The highest BCUT2D eigenvalue weighted by atomic mass is 32.2. The molecule has 0 aliphatic carbocycles. The molecule has 2 aromatic carbocycles. The van der Waals surface area contributed by atoms with Crippen LogP contribution in [0.5, 0.6) is 11.5 Å². The zero-order chi connectivity index (χ0) is 16.8. The van der Waals surface area contributed by atoms with Crippen LogP contribution in [0.3, 0.4) is 0 Å². The lowest BCUT2D eigenvalue weighted by molar-refractivity contribution is 0.373. The lowest BCUT2D eigenvalue weighted by Crippen LogP contribution is -1.93. The highest BCUT2D eigenvalue weighted by Gasteiger charge is 2.05. The zero-order valence-corrected chi connectivity index (χ0v) is 13.8. The van der Waals surface area contributed by atoms with Gasteiger partial charge in [0.1, 0.15) is 6.33 Å². The molecule has 0 saturated carbocycles. The van der Waals surface area contributed by atoms with E-state index in [4.69, 9.17) is 4.74 Å². The first kappa shape index (κ1) is 16.1. The fourth-order valence-electron chi connectivity index (χ4n) is 2.03. The highest BCUT2D eigenvalue weighted by Crippen LogP contribution is 2.25. The van der Waals surface area contributed by atoms with E-state index in [9.17, 15) is 5.11 Å². The molecular formula is C17H16N4O2S. The summed E-state index contributed by atoms with van der Waals surface area (Å²) in [5, 5.41) is 22.8. The van der Waals surface area contributed by atoms with Crippen LogP contribution in [0.2, 0.25) is 0 Å². The Kier molecular flexibility index (Phi) is 5.12. The second-order valence-corrected chi connectivity index (χ2v) is 5.85. The van der Waals surface area contributed by atoms with E-state index in [2.05, 4.69) is 27.4 Å². The molecule has 0 amide bonds. The van der Waals surface area contributed by atoms with Crippen molar-refractivity contribution in [3.8, 4) is 11.5 Å². The summed E-state index contributed by atoms with van der Waals surface area (Å²) in [7, 11) is 1.51. The Morgan fingerprint density at radius 2 is 2.08 bits per heavy atom. The van der Waals surface area contributed by atoms with Crippen molar-refractivity contribution < 1.29 is 9.84 Å². The molecule has 0 fully saturated rings. The summed E-state index contributed by atoms with van der Waals surface area (Å²) in [5.41, 5.74) is 1.96. The molecule has 0 aliphatic heterocycles. The van der Waals surface area contributed by atoms with E-state index in [1.165, 1.54) is 12.7 Å². The topological polar surface area (TPSA) is 72.5 Å². The second kappa shape index (κ2) is 7.65. The minimum Gasteiger partial charge on any atom is -0.504 e. The smallest absolute Gasteiger partial charge is 0.212 e. The number of phenolic OH excluding ortho intramolecular Hbond substituents is 1. The number of aromatic nitrogens is 3. The van der Waals surface area contributed by atoms with Crippen LogP contribution in [-0.2, 0) is 5.75 Å². The predicted molar refractivity (Wildman–Crippen MR) is 93.7 cm³/mol. The van der Waals surface area contributed by atoms with E-state index in [1.54, 1.807) is 41.1 Å². The van der Waals surface area contributed by atoms with Crippen molar-refractivity contribution in [2.75, 3.05) is 7.11 Å². The molecule has 24 heavy (non-hydrogen) atoms. The first-order valence-corrected chi connectivity index (χ1v) is 8.23. The molecule has 1 heterocycles. The standard InChI is InChI=1S/C17H16N4O2S/c1-23-16-8-7-14(9-15(16)22)10-19-21-12-18-20-17(21)24-11-13-5-3-2-4-6-13/h2-10,12,22H,11H2,1H3/b19-10+. The third kappa shape index (κ3) is 3.94. The van der Waals surface area contributed by atoms with E-state index < -0.39 is 0 Å². The average molecular weight is 340 g/mol. The largest absolute Gasteiger partial charge is 0.504 e. The van der Waals surface area contributed by atoms with E-state index in [0.717, 1.165) is 11.3 Å². The third-order valence-electron chi connectivity index (χ3n) is 3.25. The molecule has 1 aromatic heterocycles. The van der Waals surface area contributed by atoms with Gasteiger partial charge in [-0.3, -0.25) is 0 Å². The summed E-state index contributed by atoms with van der Waals surface area (Å²) < 4.78 is 6.63. The van der Waals surface area contributed by atoms with Crippen LogP contribution in [-0.4, -0.2) is 33.3 Å². The van der Waals surface area contributed by atoms with Crippen molar-refractivity contribution in [2.24, 2.45) is 5.10 Å². The molecule has 1 N–H and O–H groups in total. The monoisotopic (exact) mass is 340 g/mol. The number of methoxy groups -OCH3 is 1. The first-order valence-electron chi connectivity index (χ1n) is 7.24. The number of thioether (sulfide) groups is 1. The van der Waals surface area contributed by atoms with Gasteiger partial charge in [0.05, 0.1) is 13.3 Å². The van der Waals surface area contributed by atoms with Crippen LogP contribution >= 0.6 is 11.8 Å². The maximum absolute atomic E-state index is 9.79.